The summed E-state index contributed by atoms with van der Waals surface area (Å²) in [5, 5.41) is 3.36. The first-order valence-electron chi connectivity index (χ1n) is 5.81. The monoisotopic (exact) mass is 275 g/mol. The Morgan fingerprint density at radius 2 is 1.82 bits per heavy atom. The Hall–Kier alpha value is -0.440. The Bertz CT molecular complexity index is 293. The molecule has 4 heteroatoms. The highest BCUT2D eigenvalue weighted by Gasteiger charge is 2.24. The van der Waals surface area contributed by atoms with Gasteiger partial charge >= 0.3 is 0 Å². The van der Waals surface area contributed by atoms with Gasteiger partial charge in [-0.25, -0.2) is 0 Å². The quantitative estimate of drug-likeness (QED) is 0.581. The maximum atomic E-state index is 5.93. The molecule has 17 heavy (non-hydrogen) atoms. The minimum absolute atomic E-state index is 0.177. The molecule has 0 amide bonds. The van der Waals surface area contributed by atoms with Crippen LogP contribution in [0.5, 0.6) is 5.75 Å². The predicted octanol–water partition coefficient (Wildman–Crippen LogP) is 3.28. The summed E-state index contributed by atoms with van der Waals surface area (Å²) >= 11 is 11.9. The number of ether oxygens (including phenoxy) is 1. The average molecular weight is 276 g/mol. The third-order valence-electron chi connectivity index (χ3n) is 2.80. The number of hydrogen-bond donors (Lipinski definition) is 1. The molecule has 1 N–H and O–H groups in total. The van der Waals surface area contributed by atoms with Crippen LogP contribution in [0.15, 0.2) is 30.3 Å². The third kappa shape index (κ3) is 4.74. The number of hydrogen-bond acceptors (Lipinski definition) is 2. The van der Waals surface area contributed by atoms with Gasteiger partial charge in [0.2, 0.25) is 0 Å². The van der Waals surface area contributed by atoms with Crippen molar-refractivity contribution in [1.29, 1.82) is 0 Å². The van der Waals surface area contributed by atoms with E-state index in [2.05, 4.69) is 12.2 Å². The fraction of sp³-hybridized carbons (Fsp3) is 0.538. The minimum Gasteiger partial charge on any atom is -0.492 e. The molecular formula is C13H19Cl2NO. The topological polar surface area (TPSA) is 21.3 Å². The maximum Gasteiger partial charge on any atom is 0.119 e. The van der Waals surface area contributed by atoms with Gasteiger partial charge in [-0.15, -0.1) is 23.2 Å². The molecule has 0 aliphatic rings. The molecule has 1 aromatic carbocycles. The van der Waals surface area contributed by atoms with Gasteiger partial charge < -0.3 is 10.1 Å². The normalized spacial score (nSPS) is 11.5. The lowest BCUT2D eigenvalue weighted by molar-refractivity contribution is 0.283. The molecule has 0 radical (unpaired) electrons. The number of alkyl halides is 2. The van der Waals surface area contributed by atoms with E-state index in [1.165, 1.54) is 0 Å². The third-order valence-corrected chi connectivity index (χ3v) is 3.83. The van der Waals surface area contributed by atoms with Gasteiger partial charge in [0.1, 0.15) is 12.4 Å². The van der Waals surface area contributed by atoms with Crippen molar-refractivity contribution in [2.24, 2.45) is 0 Å². The zero-order chi connectivity index (χ0) is 12.6. The van der Waals surface area contributed by atoms with E-state index in [1.54, 1.807) is 0 Å². The number of para-hydroxylation sites is 1. The summed E-state index contributed by atoms with van der Waals surface area (Å²) in [5.41, 5.74) is -0.177. The highest BCUT2D eigenvalue weighted by molar-refractivity contribution is 6.22. The largest absolute Gasteiger partial charge is 0.492 e. The van der Waals surface area contributed by atoms with Gasteiger partial charge in [0, 0.05) is 23.8 Å². The van der Waals surface area contributed by atoms with E-state index in [0.29, 0.717) is 18.4 Å². The fourth-order valence-electron chi connectivity index (χ4n) is 1.45. The molecule has 2 nitrogen and oxygen atoms in total. The fourth-order valence-corrected chi connectivity index (χ4v) is 2.30. The molecule has 0 aromatic heterocycles. The van der Waals surface area contributed by atoms with Crippen LogP contribution in [-0.4, -0.2) is 30.5 Å². The van der Waals surface area contributed by atoms with E-state index in [-0.39, 0.29) is 5.54 Å². The van der Waals surface area contributed by atoms with Crippen molar-refractivity contribution < 1.29 is 4.74 Å². The van der Waals surface area contributed by atoms with Crippen molar-refractivity contribution in [1.82, 2.24) is 5.32 Å². The van der Waals surface area contributed by atoms with Gasteiger partial charge in [0.25, 0.3) is 0 Å². The van der Waals surface area contributed by atoms with Crippen LogP contribution < -0.4 is 10.1 Å². The van der Waals surface area contributed by atoms with Crippen LogP contribution in [0.4, 0.5) is 0 Å². The lowest BCUT2D eigenvalue weighted by Gasteiger charge is -2.29. The van der Waals surface area contributed by atoms with Crippen LogP contribution in [0.25, 0.3) is 0 Å². The zero-order valence-corrected chi connectivity index (χ0v) is 11.6. The standard InChI is InChI=1S/C13H19Cl2NO/c1-2-13(10-14,11-15)16-8-9-17-12-6-4-3-5-7-12/h3-7,16H,2,8-11H2,1H3. The first-order chi connectivity index (χ1) is 8.26. The summed E-state index contributed by atoms with van der Waals surface area (Å²) in [7, 11) is 0. The summed E-state index contributed by atoms with van der Waals surface area (Å²) in [6.07, 6.45) is 0.908. The molecule has 0 bridgehead atoms. The molecule has 0 saturated heterocycles. The van der Waals surface area contributed by atoms with E-state index in [4.69, 9.17) is 27.9 Å². The van der Waals surface area contributed by atoms with Crippen LogP contribution in [0.1, 0.15) is 13.3 Å². The molecule has 0 saturated carbocycles. The molecule has 0 aliphatic carbocycles. The molecule has 96 valence electrons. The van der Waals surface area contributed by atoms with Crippen molar-refractivity contribution in [2.45, 2.75) is 18.9 Å². The van der Waals surface area contributed by atoms with Crippen LogP contribution in [-0.2, 0) is 0 Å². The summed E-state index contributed by atoms with van der Waals surface area (Å²) in [6.45, 7) is 3.43. The molecule has 0 spiro atoms. The van der Waals surface area contributed by atoms with Gasteiger partial charge in [-0.05, 0) is 18.6 Å². The smallest absolute Gasteiger partial charge is 0.119 e. The van der Waals surface area contributed by atoms with Gasteiger partial charge in [-0.1, -0.05) is 25.1 Å². The van der Waals surface area contributed by atoms with Crippen molar-refractivity contribution in [3.8, 4) is 5.75 Å². The molecule has 0 fully saturated rings. The van der Waals surface area contributed by atoms with Crippen LogP contribution in [0.2, 0.25) is 0 Å². The summed E-state index contributed by atoms with van der Waals surface area (Å²) in [6, 6.07) is 9.76. The highest BCUT2D eigenvalue weighted by Crippen LogP contribution is 2.14. The summed E-state index contributed by atoms with van der Waals surface area (Å²) < 4.78 is 5.59. The minimum atomic E-state index is -0.177. The number of benzene rings is 1. The summed E-state index contributed by atoms with van der Waals surface area (Å²) in [5.74, 6) is 1.91. The van der Waals surface area contributed by atoms with Crippen molar-refractivity contribution in [2.75, 3.05) is 24.9 Å². The van der Waals surface area contributed by atoms with E-state index < -0.39 is 0 Å². The van der Waals surface area contributed by atoms with Gasteiger partial charge in [0.15, 0.2) is 0 Å². The second-order valence-corrected chi connectivity index (χ2v) is 4.52. The lowest BCUT2D eigenvalue weighted by atomic mass is 10.0. The second kappa shape index (κ2) is 7.80. The Kier molecular flexibility index (Phi) is 6.71. The molecule has 1 rings (SSSR count). The molecular weight excluding hydrogens is 257 g/mol. The number of nitrogens with one attached hydrogen (secondary N) is 1. The van der Waals surface area contributed by atoms with E-state index >= 15 is 0 Å². The number of rotatable bonds is 8. The second-order valence-electron chi connectivity index (χ2n) is 3.99. The van der Waals surface area contributed by atoms with Gasteiger partial charge in [-0.2, -0.15) is 0 Å². The maximum absolute atomic E-state index is 5.93. The first-order valence-corrected chi connectivity index (χ1v) is 6.88. The summed E-state index contributed by atoms with van der Waals surface area (Å²) in [4.78, 5) is 0. The highest BCUT2D eigenvalue weighted by atomic mass is 35.5. The lowest BCUT2D eigenvalue weighted by Crippen LogP contribution is -2.49. The Morgan fingerprint density at radius 1 is 1.18 bits per heavy atom. The number of halogens is 2. The average Bonchev–Trinajstić information content (AvgIpc) is 2.41. The molecule has 0 heterocycles. The predicted molar refractivity (Wildman–Crippen MR) is 74.4 cm³/mol. The Morgan fingerprint density at radius 3 is 2.35 bits per heavy atom. The van der Waals surface area contributed by atoms with Crippen molar-refractivity contribution >= 4 is 23.2 Å². The van der Waals surface area contributed by atoms with Crippen LogP contribution >= 0.6 is 23.2 Å². The molecule has 0 aliphatic heterocycles. The Balaban J connectivity index is 2.28. The van der Waals surface area contributed by atoms with Crippen molar-refractivity contribution in [3.05, 3.63) is 30.3 Å². The van der Waals surface area contributed by atoms with E-state index in [0.717, 1.165) is 18.7 Å². The van der Waals surface area contributed by atoms with E-state index in [9.17, 15) is 0 Å². The van der Waals surface area contributed by atoms with Crippen molar-refractivity contribution in [3.63, 3.8) is 0 Å². The first kappa shape index (κ1) is 14.6. The molecule has 0 atom stereocenters. The SMILES string of the molecule is CCC(CCl)(CCl)NCCOc1ccccc1. The zero-order valence-electron chi connectivity index (χ0n) is 10.1. The molecule has 1 aromatic rings. The van der Waals surface area contributed by atoms with E-state index in [1.807, 2.05) is 30.3 Å². The van der Waals surface area contributed by atoms with Gasteiger partial charge in [0.05, 0.1) is 0 Å². The Labute approximate surface area is 113 Å². The van der Waals surface area contributed by atoms with Gasteiger partial charge in [-0.3, -0.25) is 0 Å². The molecule has 0 unspecified atom stereocenters. The van der Waals surface area contributed by atoms with Crippen LogP contribution in [0.3, 0.4) is 0 Å². The van der Waals surface area contributed by atoms with Crippen LogP contribution in [0, 0.1) is 0 Å².